The molecule has 8 nitrogen and oxygen atoms in total. The quantitative estimate of drug-likeness (QED) is 0.383. The van der Waals surface area contributed by atoms with Gasteiger partial charge in [0.2, 0.25) is 11.8 Å². The summed E-state index contributed by atoms with van der Waals surface area (Å²) in [5.74, 6) is 0.448. The summed E-state index contributed by atoms with van der Waals surface area (Å²) in [4.78, 5) is 24.8. The Bertz CT molecular complexity index is 1210. The van der Waals surface area contributed by atoms with Gasteiger partial charge in [0.15, 0.2) is 10.7 Å². The van der Waals surface area contributed by atoms with Gasteiger partial charge in [0.05, 0.1) is 11.9 Å². The van der Waals surface area contributed by atoms with Crippen LogP contribution in [0.2, 0.25) is 0 Å². The summed E-state index contributed by atoms with van der Waals surface area (Å²) in [5, 5.41) is 12.0. The molecule has 142 valence electrons. The molecule has 0 saturated heterocycles. The molecule has 2 heterocycles. The lowest BCUT2D eigenvalue weighted by Gasteiger charge is -2.06. The van der Waals surface area contributed by atoms with E-state index < -0.39 is 0 Å². The van der Waals surface area contributed by atoms with E-state index in [9.17, 15) is 4.79 Å². The maximum Gasteiger partial charge on any atom is 0.234 e. The molecule has 9 heteroatoms. The number of anilines is 2. The topological polar surface area (TPSA) is 131 Å². The molecule has 0 aliphatic carbocycles. The van der Waals surface area contributed by atoms with Gasteiger partial charge < -0.3 is 15.5 Å². The summed E-state index contributed by atoms with van der Waals surface area (Å²) in [6, 6.07) is 16.7. The predicted octanol–water partition coefficient (Wildman–Crippen LogP) is 3.47. The van der Waals surface area contributed by atoms with Crippen molar-refractivity contribution >= 4 is 40.3 Å². The van der Waals surface area contributed by atoms with Gasteiger partial charge in [0, 0.05) is 11.3 Å². The van der Waals surface area contributed by atoms with Gasteiger partial charge in [-0.25, -0.2) is 15.0 Å². The highest BCUT2D eigenvalue weighted by atomic mass is 32.2. The summed E-state index contributed by atoms with van der Waals surface area (Å²) in [6.07, 6.45) is 1.34. The maximum atomic E-state index is 12.3. The lowest BCUT2D eigenvalue weighted by atomic mass is 10.2. The number of nitrogens with zero attached hydrogens (tertiary/aromatic N) is 4. The zero-order valence-electron chi connectivity index (χ0n) is 15.0. The van der Waals surface area contributed by atoms with E-state index in [1.807, 2.05) is 42.5 Å². The smallest absolute Gasteiger partial charge is 0.234 e. The average Bonchev–Trinajstić information content (AvgIpc) is 3.17. The molecule has 4 rings (SSSR count). The van der Waals surface area contributed by atoms with Crippen LogP contribution in [0.25, 0.3) is 22.6 Å². The van der Waals surface area contributed by atoms with Crippen LogP contribution >= 0.6 is 11.8 Å². The maximum absolute atomic E-state index is 12.3. The molecule has 4 aromatic rings. The van der Waals surface area contributed by atoms with Gasteiger partial charge >= 0.3 is 0 Å². The van der Waals surface area contributed by atoms with Crippen LogP contribution in [-0.4, -0.2) is 26.6 Å². The fraction of sp³-hybridized carbons (Fsp3) is 0.0500. The van der Waals surface area contributed by atoms with E-state index in [0.717, 1.165) is 22.8 Å². The molecule has 0 atom stereocenters. The number of para-hydroxylation sites is 2. The third-order valence-corrected chi connectivity index (χ3v) is 4.80. The monoisotopic (exact) mass is 402 g/mol. The Hall–Kier alpha value is -3.90. The van der Waals surface area contributed by atoms with Crippen LogP contribution in [0.15, 0.2) is 64.3 Å². The number of carbonyl (C=O) groups is 1. The van der Waals surface area contributed by atoms with E-state index in [2.05, 4.69) is 20.3 Å². The van der Waals surface area contributed by atoms with Crippen molar-refractivity contribution in [2.75, 3.05) is 16.8 Å². The van der Waals surface area contributed by atoms with Crippen molar-refractivity contribution in [3.8, 4) is 17.5 Å². The number of hydrogen-bond acceptors (Lipinski definition) is 8. The highest BCUT2D eigenvalue weighted by Crippen LogP contribution is 2.26. The van der Waals surface area contributed by atoms with Crippen molar-refractivity contribution in [1.82, 2.24) is 15.0 Å². The molecule has 0 saturated carbocycles. The summed E-state index contributed by atoms with van der Waals surface area (Å²) in [7, 11) is 0. The predicted molar refractivity (Wildman–Crippen MR) is 110 cm³/mol. The average molecular weight is 402 g/mol. The Morgan fingerprint density at radius 3 is 2.86 bits per heavy atom. The van der Waals surface area contributed by atoms with E-state index in [-0.39, 0.29) is 23.0 Å². The number of nitrogens with one attached hydrogen (secondary N) is 1. The number of fused-ring (bicyclic) bond motifs is 1. The van der Waals surface area contributed by atoms with Gasteiger partial charge in [-0.3, -0.25) is 4.79 Å². The molecule has 0 bridgehead atoms. The van der Waals surface area contributed by atoms with Gasteiger partial charge in [0.25, 0.3) is 0 Å². The zero-order chi connectivity index (χ0) is 20.2. The van der Waals surface area contributed by atoms with Crippen LogP contribution in [0.4, 0.5) is 11.5 Å². The fourth-order valence-corrected chi connectivity index (χ4v) is 3.21. The molecule has 3 N–H and O–H groups in total. The number of nitriles is 1. The highest BCUT2D eigenvalue weighted by molar-refractivity contribution is 7.99. The van der Waals surface area contributed by atoms with Gasteiger partial charge in [-0.05, 0) is 30.3 Å². The summed E-state index contributed by atoms with van der Waals surface area (Å²) >= 11 is 1.13. The van der Waals surface area contributed by atoms with Crippen molar-refractivity contribution in [2.45, 2.75) is 5.16 Å². The Morgan fingerprint density at radius 2 is 2.07 bits per heavy atom. The Balaban J connectivity index is 1.43. The van der Waals surface area contributed by atoms with Gasteiger partial charge in [-0.1, -0.05) is 30.0 Å². The number of nitrogen functional groups attached to an aromatic ring is 1. The third-order valence-electron chi connectivity index (χ3n) is 3.94. The molecule has 0 radical (unpaired) electrons. The van der Waals surface area contributed by atoms with E-state index in [1.54, 1.807) is 12.1 Å². The first kappa shape index (κ1) is 18.5. The number of rotatable bonds is 5. The van der Waals surface area contributed by atoms with Gasteiger partial charge in [0.1, 0.15) is 23.0 Å². The molecule has 29 heavy (non-hydrogen) atoms. The van der Waals surface area contributed by atoms with Crippen molar-refractivity contribution in [1.29, 1.82) is 5.26 Å². The first-order chi connectivity index (χ1) is 14.1. The largest absolute Gasteiger partial charge is 0.436 e. The second kappa shape index (κ2) is 8.00. The number of oxazole rings is 1. The van der Waals surface area contributed by atoms with E-state index in [0.29, 0.717) is 22.3 Å². The van der Waals surface area contributed by atoms with Crippen LogP contribution in [0, 0.1) is 11.3 Å². The lowest BCUT2D eigenvalue weighted by molar-refractivity contribution is -0.113. The number of hydrogen-bond donors (Lipinski definition) is 2. The first-order valence-corrected chi connectivity index (χ1v) is 9.52. The normalized spacial score (nSPS) is 10.6. The number of thioether (sulfide) groups is 1. The zero-order valence-corrected chi connectivity index (χ0v) is 15.8. The van der Waals surface area contributed by atoms with Crippen molar-refractivity contribution in [3.05, 3.63) is 60.3 Å². The lowest BCUT2D eigenvalue weighted by Crippen LogP contribution is -2.14. The minimum atomic E-state index is -0.226. The van der Waals surface area contributed by atoms with Gasteiger partial charge in [-0.2, -0.15) is 5.26 Å². The number of benzene rings is 2. The van der Waals surface area contributed by atoms with Crippen molar-refractivity contribution in [3.63, 3.8) is 0 Å². The summed E-state index contributed by atoms with van der Waals surface area (Å²) in [5.41, 5.74) is 8.72. The fourth-order valence-electron chi connectivity index (χ4n) is 2.59. The summed E-state index contributed by atoms with van der Waals surface area (Å²) in [6.45, 7) is 0. The molecule has 2 aromatic carbocycles. The minimum absolute atomic E-state index is 0.0939. The molecule has 2 aromatic heterocycles. The Morgan fingerprint density at radius 1 is 1.21 bits per heavy atom. The van der Waals surface area contributed by atoms with Crippen molar-refractivity contribution in [2.24, 2.45) is 0 Å². The van der Waals surface area contributed by atoms with Gasteiger partial charge in [-0.15, -0.1) is 0 Å². The SMILES string of the molecule is N#Cc1cnc(SCC(=O)Nc2cccc(-c3nc4ccccc4o3)c2)nc1N. The molecule has 0 unspecified atom stereocenters. The third kappa shape index (κ3) is 4.17. The highest BCUT2D eigenvalue weighted by Gasteiger charge is 2.11. The van der Waals surface area contributed by atoms with Crippen LogP contribution in [0.5, 0.6) is 0 Å². The van der Waals surface area contributed by atoms with Crippen LogP contribution in [-0.2, 0) is 4.79 Å². The first-order valence-electron chi connectivity index (χ1n) is 8.53. The van der Waals surface area contributed by atoms with Crippen LogP contribution in [0.3, 0.4) is 0 Å². The molecular formula is C20H14N6O2S. The molecule has 0 aliphatic heterocycles. The molecule has 0 fully saturated rings. The number of carbonyl (C=O) groups excluding carboxylic acids is 1. The Kier molecular flexibility index (Phi) is 5.09. The second-order valence-electron chi connectivity index (χ2n) is 5.97. The van der Waals surface area contributed by atoms with E-state index >= 15 is 0 Å². The molecular weight excluding hydrogens is 388 g/mol. The standard InChI is InChI=1S/C20H14N6O2S/c21-9-13-10-23-20(26-18(13)22)29-11-17(27)24-14-5-3-4-12(8-14)19-25-15-6-1-2-7-16(15)28-19/h1-8,10H,11H2,(H,24,27)(H2,22,23,26). The minimum Gasteiger partial charge on any atom is -0.436 e. The second-order valence-corrected chi connectivity index (χ2v) is 6.91. The van der Waals surface area contributed by atoms with Crippen LogP contribution in [0.1, 0.15) is 5.56 Å². The number of nitrogens with two attached hydrogens (primary N) is 1. The molecule has 1 amide bonds. The number of amides is 1. The molecule has 0 spiro atoms. The number of aromatic nitrogens is 3. The van der Waals surface area contributed by atoms with E-state index in [1.165, 1.54) is 6.20 Å². The molecule has 0 aliphatic rings. The van der Waals surface area contributed by atoms with E-state index in [4.69, 9.17) is 15.4 Å². The van der Waals surface area contributed by atoms with Crippen molar-refractivity contribution < 1.29 is 9.21 Å². The van der Waals surface area contributed by atoms with Crippen LogP contribution < -0.4 is 11.1 Å². The Labute approximate surface area is 169 Å². The summed E-state index contributed by atoms with van der Waals surface area (Å²) < 4.78 is 5.77.